The van der Waals surface area contributed by atoms with E-state index in [2.05, 4.69) is 64.8 Å². The van der Waals surface area contributed by atoms with Crippen molar-refractivity contribution in [3.05, 3.63) is 64.8 Å². The van der Waals surface area contributed by atoms with Crippen molar-refractivity contribution in [3.63, 3.8) is 0 Å². The minimum absolute atomic E-state index is 0. The molecule has 0 aliphatic carbocycles. The average molecular weight is 570 g/mol. The van der Waals surface area contributed by atoms with E-state index in [1.807, 2.05) is 22.6 Å². The molecule has 0 aliphatic heterocycles. The van der Waals surface area contributed by atoms with Gasteiger partial charge in [-0.15, -0.1) is 0 Å². The van der Waals surface area contributed by atoms with E-state index in [1.165, 1.54) is 0 Å². The summed E-state index contributed by atoms with van der Waals surface area (Å²) in [6, 6.07) is 0. The molecule has 0 saturated carbocycles. The van der Waals surface area contributed by atoms with Crippen LogP contribution in [0.25, 0.3) is 0 Å². The van der Waals surface area contributed by atoms with Crippen LogP contribution in [0.5, 0.6) is 0 Å². The van der Waals surface area contributed by atoms with Crippen molar-refractivity contribution in [1.82, 2.24) is 0 Å². The van der Waals surface area contributed by atoms with Crippen LogP contribution in [0, 0.1) is 64.8 Å². The molecule has 0 amide bonds. The third kappa shape index (κ3) is 1060000. The van der Waals surface area contributed by atoms with Crippen LogP contribution in [-0.4, -0.2) is 0 Å². The van der Waals surface area contributed by atoms with Crippen LogP contribution in [0.4, 0.5) is 0 Å². The second-order valence-electron chi connectivity index (χ2n) is 0. The van der Waals surface area contributed by atoms with Gasteiger partial charge in [-0.25, -0.2) is 0 Å². The Bertz CT molecular complexity index is 166. The summed E-state index contributed by atoms with van der Waals surface area (Å²) in [4.78, 5) is 3.22. The maximum Gasteiger partial charge on any atom is 0 e. The number of hydrogen-bond donors (Lipinski definition) is 0. The molecule has 0 rings (SSSR count). The molecule has 3 radical (unpaired) electrons. The molecule has 0 aromatic rings. The summed E-state index contributed by atoms with van der Waals surface area (Å²) in [5.41, 5.74) is 0. The molecule has 0 heterocycles. The normalized spacial score (nSPS) is 1.04. The Labute approximate surface area is 178 Å². The van der Waals surface area contributed by atoms with E-state index in [0.29, 0.717) is 0 Å². The summed E-state index contributed by atoms with van der Waals surface area (Å²) >= 11 is 1.90. The van der Waals surface area contributed by atoms with Crippen LogP contribution in [0.3, 0.4) is 0 Å². The Morgan fingerprint density at radius 2 is 0.304 bits per heavy atom. The first-order valence-corrected chi connectivity index (χ1v) is 3.63. The summed E-state index contributed by atoms with van der Waals surface area (Å²) in [6.07, 6.45) is 0. The van der Waals surface area contributed by atoms with Gasteiger partial charge in [0.05, 0.1) is 0 Å². The fourth-order valence-corrected chi connectivity index (χ4v) is 0. The molecule has 9 nitrogen and oxygen atoms in total. The molecule has 0 unspecified atom stereocenters. The van der Waals surface area contributed by atoms with Crippen LogP contribution in [-0.2, 0) is 92.2 Å². The van der Waals surface area contributed by atoms with Gasteiger partial charge in [0.25, 0.3) is 0 Å². The van der Waals surface area contributed by atoms with E-state index < -0.39 is 0 Å². The van der Waals surface area contributed by atoms with Crippen LogP contribution >= 0.6 is 22.6 Å². The van der Waals surface area contributed by atoms with E-state index in [0.717, 1.165) is 0 Å². The fourth-order valence-electron chi connectivity index (χ4n) is 0. The molecule has 13 heteroatoms. The van der Waals surface area contributed by atoms with Gasteiger partial charge in [-0.1, -0.05) is 0 Å². The van der Waals surface area contributed by atoms with Gasteiger partial charge in [0.15, 0.2) is 0 Å². The third-order valence-corrected chi connectivity index (χ3v) is 0. The van der Waals surface area contributed by atoms with Gasteiger partial charge in [-0.2, -0.15) is 0 Å². The Morgan fingerprint density at radius 1 is 0.304 bits per heavy atom. The standard InChI is InChI=1S/CH2I.9CO.3Co/c10*1-2;;;/h1H2;;;;;;;;;;;;/q-1;;;;;;;;;;;;. The Hall–Kier alpha value is -0.0905. The molecule has 0 aliphatic rings. The Kier molecular flexibility index (Phi) is 5690000. The van der Waals surface area contributed by atoms with Crippen molar-refractivity contribution in [2.45, 2.75) is 0 Å². The first kappa shape index (κ1) is 112. The van der Waals surface area contributed by atoms with E-state index >= 15 is 0 Å². The summed E-state index contributed by atoms with van der Waals surface area (Å²) < 4.78 is 67.5. The van der Waals surface area contributed by atoms with Crippen molar-refractivity contribution >= 4 is 22.6 Å². The molecule has 0 bridgehead atoms. The molecule has 0 saturated heterocycles. The molecule has 0 aromatic heterocycles. The van der Waals surface area contributed by atoms with Gasteiger partial charge in [0.2, 0.25) is 0 Å². The van der Waals surface area contributed by atoms with E-state index in [4.69, 9.17) is 41.9 Å². The van der Waals surface area contributed by atoms with Crippen LogP contribution in [0.15, 0.2) is 0 Å². The zero-order valence-electron chi connectivity index (χ0n) is 10.3. The van der Waals surface area contributed by atoms with Gasteiger partial charge in [-0.05, 0) is 0 Å². The summed E-state index contributed by atoms with van der Waals surface area (Å²) in [5, 5.41) is 0. The summed E-state index contributed by atoms with van der Waals surface area (Å²) in [6.45, 7) is 40.5. The van der Waals surface area contributed by atoms with E-state index in [9.17, 15) is 0 Å². The number of halogens is 1. The largest absolute Gasteiger partial charge is 0.319 e. The molecule has 0 atom stereocenters. The van der Waals surface area contributed by atoms with Crippen LogP contribution in [0.2, 0.25) is 0 Å². The number of hydrogen-bond acceptors (Lipinski definition) is 0. The zero-order valence-corrected chi connectivity index (χ0v) is 15.5. The van der Waals surface area contributed by atoms with Gasteiger partial charge in [-0.3, -0.25) is 4.93 Å². The topological polar surface area (TPSA) is 179 Å². The smallest absolute Gasteiger partial charge is 0 e. The van der Waals surface area contributed by atoms with Crippen molar-refractivity contribution in [2.24, 2.45) is 0 Å². The van der Waals surface area contributed by atoms with Gasteiger partial charge in [0.1, 0.15) is 0 Å². The quantitative estimate of drug-likeness (QED) is 0.228. The van der Waals surface area contributed by atoms with Crippen molar-refractivity contribution in [3.8, 4) is 0 Å². The van der Waals surface area contributed by atoms with Crippen molar-refractivity contribution in [2.75, 3.05) is 0 Å². The van der Waals surface area contributed by atoms with Gasteiger partial charge >= 0.3 is 102 Å². The Balaban J connectivity index is -0.00000000433. The second kappa shape index (κ2) is 1170000. The zero-order chi connectivity index (χ0) is 20.0. The summed E-state index contributed by atoms with van der Waals surface area (Å²) in [7, 11) is 0. The SMILES string of the molecule is [C-]#[O+].[C-]#[O+].[C-]#[O+].[C-]#[O+].[C-]#[O+].[C-]#[O+].[C-]#[O+].[C-]#[O+].[C-]#[O+].[CH2-]I.[Co].[Co].[Co]. The molecule has 0 N–H and O–H groups in total. The van der Waals surface area contributed by atoms with Crippen LogP contribution in [0.1, 0.15) is 0 Å². The third-order valence-electron chi connectivity index (χ3n) is 0. The maximum absolute atomic E-state index is 7.50. The van der Waals surface area contributed by atoms with Crippen molar-refractivity contribution in [1.29, 1.82) is 0 Å². The minimum Gasteiger partial charge on any atom is -0.319 e. The first-order valence-electron chi connectivity index (χ1n) is 2.10. The predicted molar refractivity (Wildman–Crippen MR) is 54.7 cm³/mol. The minimum atomic E-state index is 0. The predicted octanol–water partition coefficient (Wildman–Crippen LogP) is 0.868. The molecule has 0 fully saturated rings. The first-order chi connectivity index (χ1) is 10.0. The van der Waals surface area contributed by atoms with Crippen LogP contribution < -0.4 is 0 Å². The molecule has 131 valence electrons. The second-order valence-corrected chi connectivity index (χ2v) is 0. The fraction of sp³-hybridized carbons (Fsp3) is 0. The monoisotopic (exact) mass is 570 g/mol. The van der Waals surface area contributed by atoms with E-state index in [1.54, 1.807) is 0 Å². The van der Waals surface area contributed by atoms with Gasteiger partial charge in [0, 0.05) is 50.3 Å². The maximum atomic E-state index is 7.50. The van der Waals surface area contributed by atoms with Gasteiger partial charge < -0.3 is 22.6 Å². The van der Waals surface area contributed by atoms with Crippen molar-refractivity contribution < 1.29 is 92.2 Å². The molecule has 23 heavy (non-hydrogen) atoms. The number of rotatable bonds is 0. The van der Waals surface area contributed by atoms with E-state index in [-0.39, 0.29) is 50.3 Å². The average Bonchev–Trinajstić information content (AvgIpc) is 2.71. The molecule has 0 aromatic carbocycles. The molecular formula is C10H2Co3IO9-. The molecule has 0 spiro atoms. The molecular weight excluding hydrogens is 568 g/mol. The Morgan fingerprint density at radius 3 is 0.304 bits per heavy atom. The summed E-state index contributed by atoms with van der Waals surface area (Å²) in [5.74, 6) is 0.